The Morgan fingerprint density at radius 2 is 0.738 bits per heavy atom. The summed E-state index contributed by atoms with van der Waals surface area (Å²) in [6, 6.07) is 12.9. The molecule has 0 bridgehead atoms. The van der Waals surface area contributed by atoms with Gasteiger partial charge in [0.15, 0.2) is 0 Å². The fraction of sp³-hybridized carbons (Fsp3) is 0.722. The van der Waals surface area contributed by atoms with Crippen LogP contribution in [0.3, 0.4) is 0 Å². The molecule has 4 aliphatic carbocycles. The number of hydrogen-bond donors (Lipinski definition) is 0. The zero-order chi connectivity index (χ0) is 27.2. The van der Waals surface area contributed by atoms with Crippen molar-refractivity contribution in [3.05, 3.63) is 60.2 Å². The zero-order valence-electron chi connectivity index (χ0n) is 26.0. The third-order valence-corrected chi connectivity index (χ3v) is 17.5. The Balaban J connectivity index is 0.000000220. The largest absolute Gasteiger partial charge is 3.00 e. The molecule has 0 atom stereocenters. The van der Waals surface area contributed by atoms with Gasteiger partial charge >= 0.3 is 19.5 Å². The summed E-state index contributed by atoms with van der Waals surface area (Å²) >= 11 is 0. The van der Waals surface area contributed by atoms with E-state index in [4.69, 9.17) is 0 Å². The maximum Gasteiger partial charge on any atom is 3.00 e. The van der Waals surface area contributed by atoms with Gasteiger partial charge in [-0.2, -0.15) is 0 Å². The van der Waals surface area contributed by atoms with Gasteiger partial charge in [-0.25, -0.2) is 0 Å². The molecule has 4 fully saturated rings. The molecule has 0 N–H and O–H groups in total. The first-order valence-electron chi connectivity index (χ1n) is 17.2. The van der Waals surface area contributed by atoms with E-state index >= 15 is 0 Å². The van der Waals surface area contributed by atoms with Gasteiger partial charge in [0.25, 0.3) is 0 Å². The van der Waals surface area contributed by atoms with Crippen LogP contribution < -0.4 is 12.4 Å². The van der Waals surface area contributed by atoms with Gasteiger partial charge in [-0.15, -0.1) is 0 Å². The molecule has 0 spiro atoms. The van der Waals surface area contributed by atoms with E-state index in [0.29, 0.717) is 0 Å². The molecule has 1 radical (unpaired) electrons. The van der Waals surface area contributed by atoms with Gasteiger partial charge in [0.05, 0.1) is 0 Å². The summed E-state index contributed by atoms with van der Waals surface area (Å²) in [5.41, 5.74) is 6.89. The smallest absolute Gasteiger partial charge is 1.00 e. The molecule has 2 aromatic rings. The minimum absolute atomic E-state index is 0. The first-order valence-corrected chi connectivity index (χ1v) is 20.5. The standard InChI is InChI=1S/2C18H28NP.ClH.Ru/c2*1-3-10-17(11-4-1)20(18-12-5-2-6-13-18)15-16-9-7-8-14-19-16;;/h2*7-9,14,17-18H,1-6,10-13,15H2;1H;/q;;;+3/p-1. The third kappa shape index (κ3) is 11.8. The summed E-state index contributed by atoms with van der Waals surface area (Å²) in [6.45, 7) is 0. The van der Waals surface area contributed by atoms with E-state index < -0.39 is 0 Å². The van der Waals surface area contributed by atoms with Crippen LogP contribution in [0.4, 0.5) is 0 Å². The molecule has 2 heterocycles. The Kier molecular flexibility index (Phi) is 18.3. The number of nitrogens with zero attached hydrogens (tertiary/aromatic N) is 2. The number of halogens is 1. The van der Waals surface area contributed by atoms with Gasteiger partial charge in [0, 0.05) is 36.1 Å². The van der Waals surface area contributed by atoms with Crippen LogP contribution in [0, 0.1) is 0 Å². The summed E-state index contributed by atoms with van der Waals surface area (Å²) in [7, 11) is 0.328. The Labute approximate surface area is 279 Å². The Hall–Kier alpha value is 0.0734. The maximum absolute atomic E-state index is 4.62. The van der Waals surface area contributed by atoms with Gasteiger partial charge in [0.1, 0.15) is 0 Å². The fourth-order valence-electron chi connectivity index (χ4n) is 8.12. The predicted octanol–water partition coefficient (Wildman–Crippen LogP) is 8.46. The van der Waals surface area contributed by atoms with Gasteiger partial charge in [0.2, 0.25) is 0 Å². The first kappa shape index (κ1) is 36.5. The monoisotopic (exact) mass is 715 g/mol. The van der Waals surface area contributed by atoms with Gasteiger partial charge < -0.3 is 12.4 Å². The molecular formula is C36H56ClN2P2Ru+2. The fourth-order valence-corrected chi connectivity index (χ4v) is 15.6. The van der Waals surface area contributed by atoms with Crippen molar-refractivity contribution in [2.45, 2.75) is 163 Å². The van der Waals surface area contributed by atoms with Crippen LogP contribution >= 0.6 is 15.8 Å². The van der Waals surface area contributed by atoms with Crippen molar-refractivity contribution < 1.29 is 31.9 Å². The molecule has 0 aromatic carbocycles. The second kappa shape index (κ2) is 21.0. The molecule has 0 aliphatic heterocycles. The summed E-state index contributed by atoms with van der Waals surface area (Å²) in [5, 5.41) is 0. The SMILES string of the molecule is [Cl-].[Ru+3].c1ccc(CP(C2CCCCC2)C2CCCCC2)nc1.c1ccc(CP(C2CCCCC2)C2CCCCC2)nc1. The molecule has 6 rings (SSSR count). The van der Waals surface area contributed by atoms with Crippen molar-refractivity contribution in [1.29, 1.82) is 0 Å². The van der Waals surface area contributed by atoms with Crippen LogP contribution in [-0.4, -0.2) is 32.6 Å². The van der Waals surface area contributed by atoms with Crippen LogP contribution in [0.1, 0.15) is 140 Å². The quantitative estimate of drug-likeness (QED) is 0.203. The van der Waals surface area contributed by atoms with Gasteiger partial charge in [-0.1, -0.05) is 105 Å². The van der Waals surface area contributed by atoms with Gasteiger partial charge in [-0.3, -0.25) is 9.97 Å². The molecule has 0 saturated heterocycles. The normalized spacial score (nSPS) is 21.2. The summed E-state index contributed by atoms with van der Waals surface area (Å²) in [6.07, 6.45) is 36.4. The first-order chi connectivity index (χ1) is 19.9. The molecule has 4 saturated carbocycles. The van der Waals surface area contributed by atoms with Crippen LogP contribution in [0.5, 0.6) is 0 Å². The average Bonchev–Trinajstić information content (AvgIpc) is 3.05. The average molecular weight is 715 g/mol. The van der Waals surface area contributed by atoms with E-state index in [2.05, 4.69) is 34.2 Å². The van der Waals surface area contributed by atoms with Gasteiger partial charge in [-0.05, 0) is 98.3 Å². The van der Waals surface area contributed by atoms with E-state index in [1.165, 1.54) is 152 Å². The number of rotatable bonds is 8. The summed E-state index contributed by atoms with van der Waals surface area (Å²) in [5.74, 6) is 0. The van der Waals surface area contributed by atoms with Crippen LogP contribution in [0.2, 0.25) is 0 Å². The van der Waals surface area contributed by atoms with Crippen molar-refractivity contribution in [2.24, 2.45) is 0 Å². The molecule has 233 valence electrons. The minimum atomic E-state index is 0. The molecule has 2 nitrogen and oxygen atoms in total. The summed E-state index contributed by atoms with van der Waals surface area (Å²) in [4.78, 5) is 9.25. The number of pyridine rings is 2. The van der Waals surface area contributed by atoms with Crippen LogP contribution in [0.25, 0.3) is 0 Å². The van der Waals surface area contributed by atoms with Crippen molar-refractivity contribution in [3.8, 4) is 0 Å². The van der Waals surface area contributed by atoms with E-state index in [1.54, 1.807) is 0 Å². The Morgan fingerprint density at radius 1 is 0.452 bits per heavy atom. The molecule has 6 heteroatoms. The van der Waals surface area contributed by atoms with Crippen molar-refractivity contribution >= 4 is 15.8 Å². The van der Waals surface area contributed by atoms with Crippen molar-refractivity contribution in [2.75, 3.05) is 0 Å². The molecule has 2 aromatic heterocycles. The summed E-state index contributed by atoms with van der Waals surface area (Å²) < 4.78 is 0. The minimum Gasteiger partial charge on any atom is -1.00 e. The topological polar surface area (TPSA) is 25.8 Å². The maximum atomic E-state index is 4.62. The van der Waals surface area contributed by atoms with E-state index in [-0.39, 0.29) is 47.7 Å². The second-order valence-corrected chi connectivity index (χ2v) is 18.8. The molecule has 42 heavy (non-hydrogen) atoms. The van der Waals surface area contributed by atoms with E-state index in [1.807, 2.05) is 24.5 Å². The van der Waals surface area contributed by atoms with Crippen molar-refractivity contribution in [3.63, 3.8) is 0 Å². The Bertz CT molecular complexity index is 814. The molecule has 4 aliphatic rings. The Morgan fingerprint density at radius 3 is 0.976 bits per heavy atom. The third-order valence-electron chi connectivity index (χ3n) is 10.3. The van der Waals surface area contributed by atoms with Crippen LogP contribution in [-0.2, 0) is 31.8 Å². The molecule has 0 amide bonds. The van der Waals surface area contributed by atoms with Crippen LogP contribution in [0.15, 0.2) is 48.8 Å². The predicted molar refractivity (Wildman–Crippen MR) is 177 cm³/mol. The second-order valence-electron chi connectivity index (χ2n) is 13.2. The van der Waals surface area contributed by atoms with E-state index in [0.717, 1.165) is 22.6 Å². The molecule has 0 unspecified atom stereocenters. The van der Waals surface area contributed by atoms with Crippen molar-refractivity contribution in [1.82, 2.24) is 9.97 Å². The van der Waals surface area contributed by atoms with E-state index in [9.17, 15) is 0 Å². The number of aromatic nitrogens is 2. The molecular weight excluding hydrogens is 659 g/mol. The zero-order valence-corrected chi connectivity index (χ0v) is 30.3. The number of hydrogen-bond acceptors (Lipinski definition) is 2.